The largest absolute Gasteiger partial charge is 0.344 e. The van der Waals surface area contributed by atoms with Gasteiger partial charge in [-0.2, -0.15) is 0 Å². The number of hydrogen-bond donors (Lipinski definition) is 0. The summed E-state index contributed by atoms with van der Waals surface area (Å²) in [7, 11) is 2.19. The molecule has 0 N–H and O–H groups in total. The van der Waals surface area contributed by atoms with Gasteiger partial charge in [-0.1, -0.05) is 48.5 Å². The van der Waals surface area contributed by atoms with Crippen LogP contribution in [0.1, 0.15) is 33.4 Å². The van der Waals surface area contributed by atoms with Crippen LogP contribution in [0, 0.1) is 0 Å². The standard InChI is InChI=1S/C22H19N/c1-23-21-9-5-4-8-18(21)14-20-19-13-16-7-3-2-6-15(16)12-17(19)10-11-22(20)23/h2-11H,12-14H2,1H3. The van der Waals surface area contributed by atoms with Crippen molar-refractivity contribution in [2.24, 2.45) is 0 Å². The van der Waals surface area contributed by atoms with Gasteiger partial charge in [-0.3, -0.25) is 0 Å². The molecule has 0 radical (unpaired) electrons. The molecule has 0 saturated heterocycles. The van der Waals surface area contributed by atoms with Gasteiger partial charge >= 0.3 is 0 Å². The summed E-state index contributed by atoms with van der Waals surface area (Å²) in [5.41, 5.74) is 11.7. The molecule has 1 heteroatoms. The van der Waals surface area contributed by atoms with Crippen molar-refractivity contribution >= 4 is 11.4 Å². The van der Waals surface area contributed by atoms with Gasteiger partial charge < -0.3 is 4.90 Å². The molecule has 112 valence electrons. The molecule has 0 atom stereocenters. The first-order valence-electron chi connectivity index (χ1n) is 8.33. The first-order chi connectivity index (χ1) is 11.3. The molecule has 23 heavy (non-hydrogen) atoms. The molecule has 0 saturated carbocycles. The second-order valence-corrected chi connectivity index (χ2v) is 6.69. The van der Waals surface area contributed by atoms with Crippen LogP contribution in [-0.4, -0.2) is 7.05 Å². The Labute approximate surface area is 137 Å². The minimum absolute atomic E-state index is 1.06. The summed E-state index contributed by atoms with van der Waals surface area (Å²) in [6, 6.07) is 22.3. The van der Waals surface area contributed by atoms with E-state index in [1.54, 1.807) is 5.56 Å². The summed E-state index contributed by atoms with van der Waals surface area (Å²) in [5, 5.41) is 0. The Morgan fingerprint density at radius 3 is 2.04 bits per heavy atom. The predicted octanol–water partition coefficient (Wildman–Crippen LogP) is 4.85. The van der Waals surface area contributed by atoms with Gasteiger partial charge in [0, 0.05) is 24.8 Å². The van der Waals surface area contributed by atoms with Crippen molar-refractivity contribution in [2.45, 2.75) is 19.3 Å². The second kappa shape index (κ2) is 4.73. The Balaban J connectivity index is 1.68. The number of hydrogen-bond acceptors (Lipinski definition) is 1. The van der Waals surface area contributed by atoms with Crippen molar-refractivity contribution in [3.05, 3.63) is 94.0 Å². The van der Waals surface area contributed by atoms with E-state index in [9.17, 15) is 0 Å². The number of rotatable bonds is 0. The van der Waals surface area contributed by atoms with E-state index in [0.717, 1.165) is 19.3 Å². The molecular formula is C22H19N. The van der Waals surface area contributed by atoms with Gasteiger partial charge in [0.1, 0.15) is 0 Å². The van der Waals surface area contributed by atoms with Gasteiger partial charge in [0.05, 0.1) is 0 Å². The quantitative estimate of drug-likeness (QED) is 0.448. The third kappa shape index (κ3) is 1.86. The number of para-hydroxylation sites is 1. The molecule has 3 aromatic rings. The number of fused-ring (bicyclic) bond motifs is 5. The minimum Gasteiger partial charge on any atom is -0.344 e. The normalized spacial score (nSPS) is 14.6. The van der Waals surface area contributed by atoms with Crippen LogP contribution in [0.25, 0.3) is 0 Å². The van der Waals surface area contributed by atoms with Crippen molar-refractivity contribution in [3.63, 3.8) is 0 Å². The van der Waals surface area contributed by atoms with E-state index in [4.69, 9.17) is 0 Å². The zero-order chi connectivity index (χ0) is 15.4. The van der Waals surface area contributed by atoms with Gasteiger partial charge in [-0.15, -0.1) is 0 Å². The fraction of sp³-hybridized carbons (Fsp3) is 0.182. The molecule has 5 rings (SSSR count). The maximum absolute atomic E-state index is 2.36. The van der Waals surface area contributed by atoms with E-state index in [0.29, 0.717) is 0 Å². The summed E-state index contributed by atoms with van der Waals surface area (Å²) in [6.45, 7) is 0. The lowest BCUT2D eigenvalue weighted by molar-refractivity contribution is 0.946. The molecule has 0 fully saturated rings. The van der Waals surface area contributed by atoms with Crippen LogP contribution in [0.5, 0.6) is 0 Å². The fourth-order valence-corrected chi connectivity index (χ4v) is 4.23. The van der Waals surface area contributed by atoms with Crippen LogP contribution in [-0.2, 0) is 19.3 Å². The van der Waals surface area contributed by atoms with E-state index in [1.807, 2.05) is 0 Å². The molecule has 1 aliphatic carbocycles. The number of nitrogens with zero attached hydrogens (tertiary/aromatic N) is 1. The van der Waals surface area contributed by atoms with E-state index < -0.39 is 0 Å². The fourth-order valence-electron chi connectivity index (χ4n) is 4.23. The maximum Gasteiger partial charge on any atom is 0.0447 e. The molecular weight excluding hydrogens is 278 g/mol. The SMILES string of the molecule is CN1c2ccccc2Cc2c1ccc1c2Cc2ccccc2C1. The predicted molar refractivity (Wildman–Crippen MR) is 95.8 cm³/mol. The smallest absolute Gasteiger partial charge is 0.0447 e. The van der Waals surface area contributed by atoms with Crippen LogP contribution in [0.15, 0.2) is 60.7 Å². The van der Waals surface area contributed by atoms with Gasteiger partial charge in [-0.25, -0.2) is 0 Å². The van der Waals surface area contributed by atoms with E-state index in [2.05, 4.69) is 72.6 Å². The van der Waals surface area contributed by atoms with Crippen LogP contribution in [0.3, 0.4) is 0 Å². The van der Waals surface area contributed by atoms with E-state index >= 15 is 0 Å². The van der Waals surface area contributed by atoms with Crippen molar-refractivity contribution < 1.29 is 0 Å². The highest BCUT2D eigenvalue weighted by Crippen LogP contribution is 2.42. The van der Waals surface area contributed by atoms with Gasteiger partial charge in [0.25, 0.3) is 0 Å². The average Bonchev–Trinajstić information content (AvgIpc) is 2.60. The van der Waals surface area contributed by atoms with Crippen LogP contribution in [0.2, 0.25) is 0 Å². The van der Waals surface area contributed by atoms with Crippen molar-refractivity contribution in [1.29, 1.82) is 0 Å². The molecule has 0 unspecified atom stereocenters. The molecule has 0 aromatic heterocycles. The third-order valence-electron chi connectivity index (χ3n) is 5.45. The molecule has 1 nitrogen and oxygen atoms in total. The summed E-state index contributed by atoms with van der Waals surface area (Å²) in [6.07, 6.45) is 3.20. The Morgan fingerprint density at radius 1 is 0.565 bits per heavy atom. The van der Waals surface area contributed by atoms with Crippen molar-refractivity contribution in [3.8, 4) is 0 Å². The molecule has 1 aliphatic heterocycles. The Kier molecular flexibility index (Phi) is 2.66. The zero-order valence-corrected chi connectivity index (χ0v) is 13.3. The highest BCUT2D eigenvalue weighted by molar-refractivity contribution is 5.76. The van der Waals surface area contributed by atoms with Crippen molar-refractivity contribution in [2.75, 3.05) is 11.9 Å². The first kappa shape index (κ1) is 13.0. The topological polar surface area (TPSA) is 3.24 Å². The molecule has 2 aliphatic rings. The van der Waals surface area contributed by atoms with Gasteiger partial charge in [0.2, 0.25) is 0 Å². The highest BCUT2D eigenvalue weighted by atomic mass is 15.1. The first-order valence-corrected chi connectivity index (χ1v) is 8.33. The summed E-state index contributed by atoms with van der Waals surface area (Å²) >= 11 is 0. The van der Waals surface area contributed by atoms with E-state index in [-0.39, 0.29) is 0 Å². The van der Waals surface area contributed by atoms with E-state index in [1.165, 1.54) is 39.2 Å². The van der Waals surface area contributed by atoms with Crippen molar-refractivity contribution in [1.82, 2.24) is 0 Å². The highest BCUT2D eigenvalue weighted by Gasteiger charge is 2.25. The molecule has 3 aromatic carbocycles. The van der Waals surface area contributed by atoms with Gasteiger partial charge in [-0.05, 0) is 58.4 Å². The Bertz CT molecular complexity index is 923. The monoisotopic (exact) mass is 297 g/mol. The zero-order valence-electron chi connectivity index (χ0n) is 13.3. The Morgan fingerprint density at radius 2 is 1.22 bits per heavy atom. The van der Waals surface area contributed by atoms with Crippen LogP contribution >= 0.6 is 0 Å². The minimum atomic E-state index is 1.06. The lowest BCUT2D eigenvalue weighted by Gasteiger charge is -2.33. The molecule has 0 amide bonds. The Hall–Kier alpha value is -2.54. The maximum atomic E-state index is 2.36. The average molecular weight is 297 g/mol. The summed E-state index contributed by atoms with van der Waals surface area (Å²) in [4.78, 5) is 2.36. The summed E-state index contributed by atoms with van der Waals surface area (Å²) in [5.74, 6) is 0. The molecule has 1 heterocycles. The van der Waals surface area contributed by atoms with Crippen LogP contribution < -0.4 is 4.90 Å². The number of benzene rings is 3. The second-order valence-electron chi connectivity index (χ2n) is 6.69. The van der Waals surface area contributed by atoms with Gasteiger partial charge in [0.15, 0.2) is 0 Å². The molecule has 0 spiro atoms. The van der Waals surface area contributed by atoms with Crippen LogP contribution in [0.4, 0.5) is 11.4 Å². The third-order valence-corrected chi connectivity index (χ3v) is 5.45. The lowest BCUT2D eigenvalue weighted by atomic mass is 9.80. The lowest BCUT2D eigenvalue weighted by Crippen LogP contribution is -2.21. The summed E-state index contributed by atoms with van der Waals surface area (Å²) < 4.78 is 0. The number of anilines is 2. The molecule has 0 bridgehead atoms.